The molecule has 0 amide bonds. The summed E-state index contributed by atoms with van der Waals surface area (Å²) in [6.45, 7) is 0.349. The quantitative estimate of drug-likeness (QED) is 0.287. The van der Waals surface area contributed by atoms with Gasteiger partial charge < -0.3 is 10.9 Å². The Morgan fingerprint density at radius 2 is 2.47 bits per heavy atom. The van der Waals surface area contributed by atoms with Crippen LogP contribution in [0.2, 0.25) is 0 Å². The molecule has 1 aromatic heterocycles. The number of nitrogens with two attached hydrogens (primary N) is 1. The van der Waals surface area contributed by atoms with Crippen LogP contribution in [-0.4, -0.2) is 46.5 Å². The fraction of sp³-hybridized carbons (Fsp3) is 0.500. The van der Waals surface area contributed by atoms with E-state index in [4.69, 9.17) is 10.9 Å². The summed E-state index contributed by atoms with van der Waals surface area (Å²) in [7, 11) is -3.66. The summed E-state index contributed by atoms with van der Waals surface area (Å²) in [5.41, 5.74) is 5.49. The van der Waals surface area contributed by atoms with Crippen molar-refractivity contribution in [3.63, 3.8) is 0 Å². The summed E-state index contributed by atoms with van der Waals surface area (Å²) in [5.74, 6) is -0.0920. The predicted octanol–water partition coefficient (Wildman–Crippen LogP) is -0.691. The highest BCUT2D eigenvalue weighted by atomic mass is 32.2. The molecule has 94 valence electrons. The first-order chi connectivity index (χ1) is 8.07. The molecule has 1 aliphatic heterocycles. The van der Waals surface area contributed by atoms with Crippen LogP contribution in [-0.2, 0) is 10.0 Å². The first-order valence-electron chi connectivity index (χ1n) is 5.06. The number of hydrogen-bond acceptors (Lipinski definition) is 5. The Morgan fingerprint density at radius 3 is 3.06 bits per heavy atom. The van der Waals surface area contributed by atoms with Gasteiger partial charge in [-0.2, -0.15) is 9.40 Å². The van der Waals surface area contributed by atoms with Crippen LogP contribution in [0.1, 0.15) is 12.8 Å². The molecule has 0 aliphatic carbocycles. The molecule has 2 heterocycles. The standard InChI is InChI=1S/C8H13N5O3S/c9-8(12-14)6-2-1-5-13(6)17(15,16)7-3-4-10-11-7/h3-4,6,14H,1-2,5H2,(H2,9,12)(H,10,11). The van der Waals surface area contributed by atoms with E-state index in [1.165, 1.54) is 16.6 Å². The molecule has 2 rings (SSSR count). The first kappa shape index (κ1) is 11.9. The van der Waals surface area contributed by atoms with Gasteiger partial charge in [-0.25, -0.2) is 8.42 Å². The van der Waals surface area contributed by atoms with Crippen LogP contribution in [0.5, 0.6) is 0 Å². The Labute approximate surface area is 98.2 Å². The van der Waals surface area contributed by atoms with Crippen LogP contribution < -0.4 is 5.73 Å². The van der Waals surface area contributed by atoms with Crippen molar-refractivity contribution in [2.24, 2.45) is 10.9 Å². The van der Waals surface area contributed by atoms with Gasteiger partial charge in [0.05, 0.1) is 12.2 Å². The van der Waals surface area contributed by atoms with E-state index in [-0.39, 0.29) is 10.9 Å². The number of aromatic nitrogens is 2. The van der Waals surface area contributed by atoms with Gasteiger partial charge in [0, 0.05) is 6.54 Å². The lowest BCUT2D eigenvalue weighted by molar-refractivity contribution is 0.311. The van der Waals surface area contributed by atoms with Crippen molar-refractivity contribution < 1.29 is 13.6 Å². The molecular weight excluding hydrogens is 246 g/mol. The fourth-order valence-electron chi connectivity index (χ4n) is 1.90. The smallest absolute Gasteiger partial charge is 0.260 e. The summed E-state index contributed by atoms with van der Waals surface area (Å²) in [5, 5.41) is 17.5. The third kappa shape index (κ3) is 1.98. The molecule has 0 saturated carbocycles. The van der Waals surface area contributed by atoms with E-state index in [1.54, 1.807) is 0 Å². The molecule has 0 bridgehead atoms. The number of nitrogens with zero attached hydrogens (tertiary/aromatic N) is 3. The second-order valence-corrected chi connectivity index (χ2v) is 5.58. The third-order valence-electron chi connectivity index (χ3n) is 2.72. The molecule has 0 aromatic carbocycles. The van der Waals surface area contributed by atoms with Gasteiger partial charge in [0.1, 0.15) is 0 Å². The second kappa shape index (κ2) is 4.34. The zero-order valence-corrected chi connectivity index (χ0v) is 9.76. The minimum atomic E-state index is -3.66. The minimum Gasteiger partial charge on any atom is -0.409 e. The zero-order chi connectivity index (χ0) is 12.5. The molecule has 0 spiro atoms. The molecule has 1 fully saturated rings. The number of aromatic amines is 1. The highest BCUT2D eigenvalue weighted by Crippen LogP contribution is 2.24. The monoisotopic (exact) mass is 259 g/mol. The van der Waals surface area contributed by atoms with Gasteiger partial charge in [-0.15, -0.1) is 0 Å². The van der Waals surface area contributed by atoms with E-state index in [2.05, 4.69) is 15.4 Å². The van der Waals surface area contributed by atoms with Gasteiger partial charge in [-0.05, 0) is 18.9 Å². The Kier molecular flexibility index (Phi) is 3.03. The van der Waals surface area contributed by atoms with E-state index in [0.717, 1.165) is 0 Å². The fourth-order valence-corrected chi connectivity index (χ4v) is 3.47. The molecule has 1 atom stereocenters. The maximum Gasteiger partial charge on any atom is 0.260 e. The van der Waals surface area contributed by atoms with E-state index in [9.17, 15) is 8.42 Å². The Bertz CT molecular complexity index is 509. The van der Waals surface area contributed by atoms with Crippen LogP contribution in [0.25, 0.3) is 0 Å². The summed E-state index contributed by atoms with van der Waals surface area (Å²) in [6.07, 6.45) is 2.58. The molecule has 1 unspecified atom stereocenters. The third-order valence-corrected chi connectivity index (χ3v) is 4.56. The summed E-state index contributed by atoms with van der Waals surface area (Å²) >= 11 is 0. The van der Waals surface area contributed by atoms with Crippen LogP contribution in [0, 0.1) is 0 Å². The van der Waals surface area contributed by atoms with Gasteiger partial charge in [0.15, 0.2) is 10.9 Å². The molecule has 1 aliphatic rings. The van der Waals surface area contributed by atoms with Crippen molar-refractivity contribution >= 4 is 15.9 Å². The highest BCUT2D eigenvalue weighted by molar-refractivity contribution is 7.89. The van der Waals surface area contributed by atoms with Crippen LogP contribution in [0.15, 0.2) is 22.4 Å². The van der Waals surface area contributed by atoms with Crippen LogP contribution >= 0.6 is 0 Å². The Morgan fingerprint density at radius 1 is 1.71 bits per heavy atom. The molecule has 17 heavy (non-hydrogen) atoms. The SMILES string of the molecule is NC(=NO)C1CCCN1S(=O)(=O)c1ccn[nH]1. The van der Waals surface area contributed by atoms with E-state index >= 15 is 0 Å². The maximum atomic E-state index is 12.2. The molecule has 9 heteroatoms. The number of H-pyrrole nitrogens is 1. The number of nitrogens with one attached hydrogen (secondary N) is 1. The highest BCUT2D eigenvalue weighted by Gasteiger charge is 2.38. The van der Waals surface area contributed by atoms with Crippen molar-refractivity contribution in [1.82, 2.24) is 14.5 Å². The molecule has 4 N–H and O–H groups in total. The average molecular weight is 259 g/mol. The summed E-state index contributed by atoms with van der Waals surface area (Å²) in [4.78, 5) is 0. The zero-order valence-electron chi connectivity index (χ0n) is 8.94. The number of oxime groups is 1. The molecule has 8 nitrogen and oxygen atoms in total. The lowest BCUT2D eigenvalue weighted by Gasteiger charge is -2.21. The molecule has 1 saturated heterocycles. The van der Waals surface area contributed by atoms with Gasteiger partial charge in [-0.1, -0.05) is 5.16 Å². The van der Waals surface area contributed by atoms with Gasteiger partial charge in [-0.3, -0.25) is 5.10 Å². The first-order valence-corrected chi connectivity index (χ1v) is 6.50. The molecular formula is C8H13N5O3S. The number of hydrogen-bond donors (Lipinski definition) is 3. The summed E-state index contributed by atoms with van der Waals surface area (Å²) in [6, 6.07) is 0.782. The van der Waals surface area contributed by atoms with Crippen molar-refractivity contribution in [3.05, 3.63) is 12.3 Å². The van der Waals surface area contributed by atoms with Crippen molar-refractivity contribution in [3.8, 4) is 0 Å². The number of amidine groups is 1. The topological polar surface area (TPSA) is 125 Å². The van der Waals surface area contributed by atoms with Gasteiger partial charge in [0.2, 0.25) is 0 Å². The summed E-state index contributed by atoms with van der Waals surface area (Å²) < 4.78 is 25.6. The predicted molar refractivity (Wildman–Crippen MR) is 58.9 cm³/mol. The van der Waals surface area contributed by atoms with Gasteiger partial charge in [0.25, 0.3) is 10.0 Å². The Hall–Kier alpha value is -1.61. The van der Waals surface area contributed by atoms with Crippen LogP contribution in [0.3, 0.4) is 0 Å². The van der Waals surface area contributed by atoms with Crippen molar-refractivity contribution in [1.29, 1.82) is 0 Å². The lowest BCUT2D eigenvalue weighted by Crippen LogP contribution is -2.43. The Balaban J connectivity index is 2.34. The number of rotatable bonds is 3. The minimum absolute atomic E-state index is 0.00939. The molecule has 1 aromatic rings. The second-order valence-electron chi connectivity index (χ2n) is 3.72. The average Bonchev–Trinajstić information content (AvgIpc) is 2.98. The normalized spacial score (nSPS) is 23.1. The maximum absolute atomic E-state index is 12.2. The van der Waals surface area contributed by atoms with E-state index in [1.807, 2.05) is 0 Å². The molecule has 0 radical (unpaired) electrons. The lowest BCUT2D eigenvalue weighted by atomic mass is 10.2. The van der Waals surface area contributed by atoms with Crippen molar-refractivity contribution in [2.45, 2.75) is 23.9 Å². The van der Waals surface area contributed by atoms with Crippen molar-refractivity contribution in [2.75, 3.05) is 6.54 Å². The largest absolute Gasteiger partial charge is 0.409 e. The number of sulfonamides is 1. The van der Waals surface area contributed by atoms with E-state index < -0.39 is 16.1 Å². The van der Waals surface area contributed by atoms with E-state index in [0.29, 0.717) is 19.4 Å². The van der Waals surface area contributed by atoms with Crippen LogP contribution in [0.4, 0.5) is 0 Å². The van der Waals surface area contributed by atoms with Gasteiger partial charge >= 0.3 is 0 Å².